The Morgan fingerprint density at radius 1 is 1.04 bits per heavy atom. The minimum Gasteiger partial charge on any atom is -0.486 e. The number of aliphatic hydroxyl groups excluding tert-OH is 1. The summed E-state index contributed by atoms with van der Waals surface area (Å²) in [4.78, 5) is 0. The molecule has 2 aromatic rings. The SMILES string of the molecule is Cl.Cl.O[C@@H]1C[C@H]2CNC[C@H]2C[C@H]1Oc1ccccc1-n1cnnc1. The third-order valence-electron chi connectivity index (χ3n) is 4.83. The number of nitrogens with one attached hydrogen (secondary N) is 1. The number of ether oxygens (including phenoxy) is 1. The molecule has 132 valence electrons. The molecular weight excluding hydrogens is 351 g/mol. The van der Waals surface area contributed by atoms with Crippen molar-refractivity contribution >= 4 is 24.8 Å². The number of hydrogen-bond donors (Lipinski definition) is 2. The van der Waals surface area contributed by atoms with Gasteiger partial charge in [0.2, 0.25) is 0 Å². The molecule has 1 aliphatic carbocycles. The summed E-state index contributed by atoms with van der Waals surface area (Å²) in [6, 6.07) is 7.80. The van der Waals surface area contributed by atoms with Crippen LogP contribution in [0.2, 0.25) is 0 Å². The fraction of sp³-hybridized carbons (Fsp3) is 0.500. The second-order valence-corrected chi connectivity index (χ2v) is 6.21. The van der Waals surface area contributed by atoms with E-state index in [0.717, 1.165) is 37.4 Å². The zero-order chi connectivity index (χ0) is 14.9. The Morgan fingerprint density at radius 2 is 1.71 bits per heavy atom. The van der Waals surface area contributed by atoms with Gasteiger partial charge in [-0.1, -0.05) is 12.1 Å². The Bertz CT molecular complexity index is 641. The minimum atomic E-state index is -0.407. The average Bonchev–Trinajstić information content (AvgIpc) is 3.19. The molecule has 6 nitrogen and oxygen atoms in total. The van der Waals surface area contributed by atoms with Crippen LogP contribution in [-0.2, 0) is 0 Å². The maximum absolute atomic E-state index is 10.4. The quantitative estimate of drug-likeness (QED) is 0.859. The molecule has 1 saturated carbocycles. The monoisotopic (exact) mass is 372 g/mol. The standard InChI is InChI=1S/C16H20N4O2.2ClH/c21-14-5-11-7-17-8-12(11)6-16(14)22-15-4-2-1-3-13(15)20-9-18-19-10-20;;/h1-4,9-12,14,16-17,21H,5-8H2;2*1H/t11-,12+,14+,16+;;/m0../s1. The maximum Gasteiger partial charge on any atom is 0.143 e. The van der Waals surface area contributed by atoms with E-state index in [0.29, 0.717) is 11.8 Å². The van der Waals surface area contributed by atoms with Gasteiger partial charge in [-0.25, -0.2) is 0 Å². The van der Waals surface area contributed by atoms with E-state index in [4.69, 9.17) is 4.74 Å². The summed E-state index contributed by atoms with van der Waals surface area (Å²) in [5.41, 5.74) is 0.895. The molecule has 1 saturated heterocycles. The van der Waals surface area contributed by atoms with Gasteiger partial charge in [-0.05, 0) is 49.9 Å². The van der Waals surface area contributed by atoms with Crippen LogP contribution in [0.4, 0.5) is 0 Å². The summed E-state index contributed by atoms with van der Waals surface area (Å²) in [7, 11) is 0. The summed E-state index contributed by atoms with van der Waals surface area (Å²) < 4.78 is 8.00. The van der Waals surface area contributed by atoms with E-state index in [-0.39, 0.29) is 30.9 Å². The topological polar surface area (TPSA) is 72.2 Å². The third kappa shape index (κ3) is 3.67. The summed E-state index contributed by atoms with van der Waals surface area (Å²) >= 11 is 0. The summed E-state index contributed by atoms with van der Waals surface area (Å²) in [5.74, 6) is 1.95. The van der Waals surface area contributed by atoms with Crippen LogP contribution < -0.4 is 10.1 Å². The van der Waals surface area contributed by atoms with Crippen molar-refractivity contribution < 1.29 is 9.84 Å². The smallest absolute Gasteiger partial charge is 0.143 e. The molecule has 0 bridgehead atoms. The van der Waals surface area contributed by atoms with Gasteiger partial charge in [0.05, 0.1) is 11.8 Å². The van der Waals surface area contributed by atoms with Crippen molar-refractivity contribution in [3.8, 4) is 11.4 Å². The summed E-state index contributed by atoms with van der Waals surface area (Å²) in [6.45, 7) is 2.05. The van der Waals surface area contributed by atoms with Gasteiger partial charge in [-0.3, -0.25) is 4.57 Å². The molecule has 1 aliphatic heterocycles. The molecule has 2 aliphatic rings. The first kappa shape index (κ1) is 19.0. The van der Waals surface area contributed by atoms with E-state index in [2.05, 4.69) is 15.5 Å². The zero-order valence-electron chi connectivity index (χ0n) is 13.1. The number of nitrogens with zero attached hydrogens (tertiary/aromatic N) is 3. The molecule has 8 heteroatoms. The lowest BCUT2D eigenvalue weighted by atomic mass is 9.78. The van der Waals surface area contributed by atoms with E-state index in [1.807, 2.05) is 28.8 Å². The van der Waals surface area contributed by atoms with E-state index in [1.165, 1.54) is 0 Å². The van der Waals surface area contributed by atoms with Crippen LogP contribution in [-0.4, -0.2) is 45.2 Å². The first-order valence-electron chi connectivity index (χ1n) is 7.81. The predicted octanol–water partition coefficient (Wildman–Crippen LogP) is 1.85. The molecule has 4 atom stereocenters. The molecule has 1 aromatic carbocycles. The van der Waals surface area contributed by atoms with Crippen LogP contribution in [0.25, 0.3) is 5.69 Å². The van der Waals surface area contributed by atoms with Gasteiger partial charge >= 0.3 is 0 Å². The Morgan fingerprint density at radius 3 is 2.46 bits per heavy atom. The Balaban J connectivity index is 0.00000104. The highest BCUT2D eigenvalue weighted by molar-refractivity contribution is 5.85. The second kappa shape index (κ2) is 8.16. The van der Waals surface area contributed by atoms with Gasteiger partial charge in [-0.2, -0.15) is 0 Å². The van der Waals surface area contributed by atoms with Crippen LogP contribution in [0.3, 0.4) is 0 Å². The highest BCUT2D eigenvalue weighted by Gasteiger charge is 2.40. The molecule has 2 N–H and O–H groups in total. The van der Waals surface area contributed by atoms with Crippen LogP contribution in [0.15, 0.2) is 36.9 Å². The molecule has 0 spiro atoms. The zero-order valence-corrected chi connectivity index (χ0v) is 14.7. The molecule has 4 rings (SSSR count). The molecule has 2 heterocycles. The van der Waals surface area contributed by atoms with E-state index < -0.39 is 6.10 Å². The number of rotatable bonds is 3. The Labute approximate surface area is 153 Å². The number of halogens is 2. The largest absolute Gasteiger partial charge is 0.486 e. The third-order valence-corrected chi connectivity index (χ3v) is 4.83. The number of aliphatic hydroxyl groups is 1. The van der Waals surface area contributed by atoms with Crippen molar-refractivity contribution in [3.05, 3.63) is 36.9 Å². The fourth-order valence-electron chi connectivity index (χ4n) is 3.64. The normalized spacial score (nSPS) is 28.4. The van der Waals surface area contributed by atoms with Crippen molar-refractivity contribution in [3.63, 3.8) is 0 Å². The highest BCUT2D eigenvalue weighted by Crippen LogP contribution is 2.35. The Hall–Kier alpha value is -1.34. The van der Waals surface area contributed by atoms with E-state index in [9.17, 15) is 5.11 Å². The highest BCUT2D eigenvalue weighted by atomic mass is 35.5. The molecular formula is C16H22Cl2N4O2. The lowest BCUT2D eigenvalue weighted by Gasteiger charge is -2.35. The first-order chi connectivity index (χ1) is 10.8. The average molecular weight is 373 g/mol. The second-order valence-electron chi connectivity index (χ2n) is 6.21. The predicted molar refractivity (Wildman–Crippen MR) is 95.4 cm³/mol. The van der Waals surface area contributed by atoms with Gasteiger partial charge in [0.25, 0.3) is 0 Å². The summed E-state index contributed by atoms with van der Waals surface area (Å²) in [5, 5.41) is 21.5. The first-order valence-corrected chi connectivity index (χ1v) is 7.81. The number of aromatic nitrogens is 3. The maximum atomic E-state index is 10.4. The lowest BCUT2D eigenvalue weighted by Crippen LogP contribution is -2.42. The molecule has 24 heavy (non-hydrogen) atoms. The number of para-hydroxylation sites is 2. The van der Waals surface area contributed by atoms with Crippen molar-refractivity contribution in [2.24, 2.45) is 11.8 Å². The fourth-order valence-corrected chi connectivity index (χ4v) is 3.64. The van der Waals surface area contributed by atoms with Gasteiger partial charge in [-0.15, -0.1) is 35.0 Å². The van der Waals surface area contributed by atoms with Crippen LogP contribution in [0, 0.1) is 11.8 Å². The van der Waals surface area contributed by atoms with Crippen molar-refractivity contribution in [1.29, 1.82) is 0 Å². The van der Waals surface area contributed by atoms with E-state index in [1.54, 1.807) is 12.7 Å². The molecule has 1 aromatic heterocycles. The van der Waals surface area contributed by atoms with Crippen molar-refractivity contribution in [2.75, 3.05) is 13.1 Å². The Kier molecular flexibility index (Phi) is 6.46. The van der Waals surface area contributed by atoms with Gasteiger partial charge in [0, 0.05) is 0 Å². The van der Waals surface area contributed by atoms with E-state index >= 15 is 0 Å². The lowest BCUT2D eigenvalue weighted by molar-refractivity contribution is -0.0231. The molecule has 0 unspecified atom stereocenters. The van der Waals surface area contributed by atoms with Crippen LogP contribution in [0.5, 0.6) is 5.75 Å². The van der Waals surface area contributed by atoms with Crippen molar-refractivity contribution in [2.45, 2.75) is 25.0 Å². The molecule has 0 amide bonds. The molecule has 2 fully saturated rings. The summed E-state index contributed by atoms with van der Waals surface area (Å²) in [6.07, 6.45) is 4.45. The van der Waals surface area contributed by atoms with Crippen LogP contribution >= 0.6 is 24.8 Å². The number of benzene rings is 1. The van der Waals surface area contributed by atoms with Crippen LogP contribution in [0.1, 0.15) is 12.8 Å². The van der Waals surface area contributed by atoms with Gasteiger partial charge in [0.1, 0.15) is 24.5 Å². The van der Waals surface area contributed by atoms with Gasteiger partial charge < -0.3 is 15.2 Å². The van der Waals surface area contributed by atoms with Gasteiger partial charge in [0.15, 0.2) is 0 Å². The minimum absolute atomic E-state index is 0. The number of fused-ring (bicyclic) bond motifs is 1. The molecule has 0 radical (unpaired) electrons. The van der Waals surface area contributed by atoms with Crippen molar-refractivity contribution in [1.82, 2.24) is 20.1 Å². The number of hydrogen-bond acceptors (Lipinski definition) is 5.